The Morgan fingerprint density at radius 2 is 1.89 bits per heavy atom. The second-order valence-electron chi connectivity index (χ2n) is 3.98. The molecule has 0 aliphatic carbocycles. The molecule has 0 radical (unpaired) electrons. The molecule has 0 aliphatic heterocycles. The van der Waals surface area contributed by atoms with Crippen LogP contribution in [0.5, 0.6) is 17.2 Å². The van der Waals surface area contributed by atoms with E-state index in [9.17, 15) is 0 Å². The van der Waals surface area contributed by atoms with E-state index in [2.05, 4.69) is 0 Å². The summed E-state index contributed by atoms with van der Waals surface area (Å²) < 4.78 is 11.0. The van der Waals surface area contributed by atoms with Crippen molar-refractivity contribution in [3.8, 4) is 23.3 Å². The summed E-state index contributed by atoms with van der Waals surface area (Å²) in [7, 11) is 1.57. The zero-order valence-electron chi connectivity index (χ0n) is 10.6. The van der Waals surface area contributed by atoms with Crippen molar-refractivity contribution in [3.05, 3.63) is 52.5 Å². The summed E-state index contributed by atoms with van der Waals surface area (Å²) in [6.45, 7) is 1.96. The summed E-state index contributed by atoms with van der Waals surface area (Å²) in [6.07, 6.45) is 0. The summed E-state index contributed by atoms with van der Waals surface area (Å²) in [5, 5.41) is 9.47. The average molecular weight is 274 g/mol. The van der Waals surface area contributed by atoms with Crippen LogP contribution in [0.2, 0.25) is 5.02 Å². The molecule has 3 nitrogen and oxygen atoms in total. The maximum absolute atomic E-state index is 9.10. The van der Waals surface area contributed by atoms with Gasteiger partial charge in [-0.25, -0.2) is 0 Å². The lowest BCUT2D eigenvalue weighted by Crippen LogP contribution is -1.93. The highest BCUT2D eigenvalue weighted by molar-refractivity contribution is 6.31. The number of hydrogen-bond donors (Lipinski definition) is 0. The number of rotatable bonds is 3. The number of ether oxygens (including phenoxy) is 2. The zero-order valence-corrected chi connectivity index (χ0v) is 11.4. The number of nitriles is 1. The van der Waals surface area contributed by atoms with Gasteiger partial charge in [0.2, 0.25) is 0 Å². The Labute approximate surface area is 117 Å². The normalized spacial score (nSPS) is 9.79. The molecule has 96 valence electrons. The van der Waals surface area contributed by atoms with Gasteiger partial charge in [0.05, 0.1) is 12.1 Å². The SMILES string of the molecule is COc1cc(C)ccc1Oc1cccc(Cl)c1C#N. The van der Waals surface area contributed by atoms with E-state index in [0.29, 0.717) is 27.8 Å². The number of nitrogens with zero attached hydrogens (tertiary/aromatic N) is 1. The molecule has 0 atom stereocenters. The van der Waals surface area contributed by atoms with Crippen molar-refractivity contribution in [1.82, 2.24) is 0 Å². The quantitative estimate of drug-likeness (QED) is 0.836. The first-order chi connectivity index (χ1) is 9.15. The topological polar surface area (TPSA) is 42.2 Å². The van der Waals surface area contributed by atoms with Gasteiger partial charge in [0.25, 0.3) is 0 Å². The fraction of sp³-hybridized carbons (Fsp3) is 0.133. The van der Waals surface area contributed by atoms with Gasteiger partial charge >= 0.3 is 0 Å². The number of methoxy groups -OCH3 is 1. The Hall–Kier alpha value is -2.18. The Kier molecular flexibility index (Phi) is 3.94. The molecule has 2 aromatic carbocycles. The first kappa shape index (κ1) is 13.3. The second kappa shape index (κ2) is 5.64. The zero-order chi connectivity index (χ0) is 13.8. The van der Waals surface area contributed by atoms with Crippen molar-refractivity contribution in [1.29, 1.82) is 5.26 Å². The number of aryl methyl sites for hydroxylation is 1. The second-order valence-corrected chi connectivity index (χ2v) is 4.39. The predicted octanol–water partition coefficient (Wildman–Crippen LogP) is 4.32. The fourth-order valence-corrected chi connectivity index (χ4v) is 1.88. The molecule has 0 saturated heterocycles. The van der Waals surface area contributed by atoms with Gasteiger partial charge in [0, 0.05) is 0 Å². The van der Waals surface area contributed by atoms with Gasteiger partial charge in [-0.2, -0.15) is 5.26 Å². The standard InChI is InChI=1S/C15H12ClNO2/c1-10-6-7-14(15(8-10)18-2)19-13-5-3-4-12(16)11(13)9-17/h3-8H,1-2H3. The molecular weight excluding hydrogens is 262 g/mol. The molecule has 2 rings (SSSR count). The van der Waals surface area contributed by atoms with Crippen molar-refractivity contribution in [3.63, 3.8) is 0 Å². The lowest BCUT2D eigenvalue weighted by Gasteiger charge is -2.12. The number of hydrogen-bond acceptors (Lipinski definition) is 3. The Morgan fingerprint density at radius 3 is 2.58 bits per heavy atom. The summed E-state index contributed by atoms with van der Waals surface area (Å²) in [5.74, 6) is 1.58. The van der Waals surface area contributed by atoms with E-state index in [4.69, 9.17) is 26.3 Å². The summed E-state index contributed by atoms with van der Waals surface area (Å²) in [5.41, 5.74) is 1.38. The molecule has 19 heavy (non-hydrogen) atoms. The molecule has 2 aromatic rings. The highest BCUT2D eigenvalue weighted by Gasteiger charge is 2.11. The van der Waals surface area contributed by atoms with Crippen LogP contribution in [-0.2, 0) is 0 Å². The molecule has 0 heterocycles. The molecule has 0 bridgehead atoms. The molecule has 0 N–H and O–H groups in total. The van der Waals surface area contributed by atoms with Gasteiger partial charge < -0.3 is 9.47 Å². The molecule has 0 spiro atoms. The van der Waals surface area contributed by atoms with Crippen LogP contribution in [0, 0.1) is 18.3 Å². The van der Waals surface area contributed by atoms with Crippen molar-refractivity contribution < 1.29 is 9.47 Å². The van der Waals surface area contributed by atoms with Gasteiger partial charge in [0.1, 0.15) is 17.4 Å². The monoisotopic (exact) mass is 273 g/mol. The van der Waals surface area contributed by atoms with Crippen LogP contribution in [0.4, 0.5) is 0 Å². The lowest BCUT2D eigenvalue weighted by atomic mass is 10.2. The Morgan fingerprint density at radius 1 is 1.11 bits per heavy atom. The van der Waals surface area contributed by atoms with Gasteiger partial charge in [-0.05, 0) is 36.8 Å². The molecule has 0 unspecified atom stereocenters. The van der Waals surface area contributed by atoms with E-state index in [-0.39, 0.29) is 0 Å². The summed E-state index contributed by atoms with van der Waals surface area (Å²) in [6, 6.07) is 12.7. The summed E-state index contributed by atoms with van der Waals surface area (Å²) in [4.78, 5) is 0. The molecule has 0 amide bonds. The Balaban J connectivity index is 2.42. The number of benzene rings is 2. The average Bonchev–Trinajstić information content (AvgIpc) is 2.41. The predicted molar refractivity (Wildman–Crippen MR) is 74.0 cm³/mol. The molecule has 0 saturated carbocycles. The van der Waals surface area contributed by atoms with E-state index in [1.54, 1.807) is 31.4 Å². The van der Waals surface area contributed by atoms with Crippen LogP contribution < -0.4 is 9.47 Å². The maximum Gasteiger partial charge on any atom is 0.169 e. The first-order valence-corrected chi connectivity index (χ1v) is 6.04. The summed E-state index contributed by atoms with van der Waals surface area (Å²) >= 11 is 5.96. The van der Waals surface area contributed by atoms with Crippen molar-refractivity contribution in [2.24, 2.45) is 0 Å². The third-order valence-corrected chi connectivity index (χ3v) is 2.94. The van der Waals surface area contributed by atoms with Crippen LogP contribution in [-0.4, -0.2) is 7.11 Å². The molecule has 4 heteroatoms. The van der Waals surface area contributed by atoms with Crippen LogP contribution in [0.15, 0.2) is 36.4 Å². The fourth-order valence-electron chi connectivity index (χ4n) is 1.68. The minimum Gasteiger partial charge on any atom is -0.493 e. The van der Waals surface area contributed by atoms with E-state index in [0.717, 1.165) is 5.56 Å². The molecule has 0 aliphatic rings. The smallest absolute Gasteiger partial charge is 0.169 e. The molecule has 0 fully saturated rings. The van der Waals surface area contributed by atoms with Crippen molar-refractivity contribution in [2.45, 2.75) is 6.92 Å². The van der Waals surface area contributed by atoms with Crippen LogP contribution in [0.1, 0.15) is 11.1 Å². The van der Waals surface area contributed by atoms with E-state index in [1.807, 2.05) is 25.1 Å². The molecule has 0 aromatic heterocycles. The first-order valence-electron chi connectivity index (χ1n) is 5.67. The van der Waals surface area contributed by atoms with Gasteiger partial charge in [0.15, 0.2) is 11.5 Å². The third-order valence-electron chi connectivity index (χ3n) is 2.63. The van der Waals surface area contributed by atoms with Crippen molar-refractivity contribution in [2.75, 3.05) is 7.11 Å². The Bertz CT molecular complexity index is 647. The van der Waals surface area contributed by atoms with Gasteiger partial charge in [-0.15, -0.1) is 0 Å². The van der Waals surface area contributed by atoms with Gasteiger partial charge in [-0.3, -0.25) is 0 Å². The minimum atomic E-state index is 0.312. The van der Waals surface area contributed by atoms with Crippen LogP contribution in [0.25, 0.3) is 0 Å². The van der Waals surface area contributed by atoms with E-state index < -0.39 is 0 Å². The van der Waals surface area contributed by atoms with Crippen LogP contribution in [0.3, 0.4) is 0 Å². The van der Waals surface area contributed by atoms with Crippen molar-refractivity contribution >= 4 is 11.6 Å². The van der Waals surface area contributed by atoms with E-state index in [1.165, 1.54) is 0 Å². The minimum absolute atomic E-state index is 0.312. The van der Waals surface area contributed by atoms with E-state index >= 15 is 0 Å². The maximum atomic E-state index is 9.10. The van der Waals surface area contributed by atoms with Crippen LogP contribution >= 0.6 is 11.6 Å². The molecular formula is C15H12ClNO2. The highest BCUT2D eigenvalue weighted by Crippen LogP contribution is 2.35. The number of halogens is 1. The third kappa shape index (κ3) is 2.81. The van der Waals surface area contributed by atoms with Gasteiger partial charge in [-0.1, -0.05) is 23.7 Å². The highest BCUT2D eigenvalue weighted by atomic mass is 35.5. The largest absolute Gasteiger partial charge is 0.493 e. The lowest BCUT2D eigenvalue weighted by molar-refractivity contribution is 0.378.